The van der Waals surface area contributed by atoms with Crippen molar-refractivity contribution in [2.24, 2.45) is 5.10 Å². The molecular formula is C12H9Cl2N3O5. The number of phenolic OH excluding ortho intramolecular Hbond substituents is 5. The van der Waals surface area contributed by atoms with Gasteiger partial charge in [-0.05, 0) is 6.07 Å². The van der Waals surface area contributed by atoms with Crippen LogP contribution in [0.3, 0.4) is 0 Å². The van der Waals surface area contributed by atoms with Crippen LogP contribution in [0.15, 0.2) is 17.2 Å². The maximum Gasteiger partial charge on any atom is 0.208 e. The highest BCUT2D eigenvalue weighted by molar-refractivity contribution is 6.34. The van der Waals surface area contributed by atoms with Crippen molar-refractivity contribution in [2.75, 3.05) is 5.43 Å². The van der Waals surface area contributed by atoms with Crippen LogP contribution in [0.25, 0.3) is 0 Å². The first-order valence-electron chi connectivity index (χ1n) is 5.62. The summed E-state index contributed by atoms with van der Waals surface area (Å²) in [6.07, 6.45) is 0.889. The fraction of sp³-hybridized carbons (Fsp3) is 0. The number of anilines is 1. The highest BCUT2D eigenvalue weighted by atomic mass is 35.5. The summed E-state index contributed by atoms with van der Waals surface area (Å²) in [6.45, 7) is 0. The lowest BCUT2D eigenvalue weighted by Crippen LogP contribution is -1.95. The summed E-state index contributed by atoms with van der Waals surface area (Å²) < 4.78 is 0. The minimum atomic E-state index is -1.05. The van der Waals surface area contributed by atoms with Crippen molar-refractivity contribution in [3.05, 3.63) is 27.9 Å². The number of aromatic nitrogens is 1. The van der Waals surface area contributed by atoms with Gasteiger partial charge in [0.05, 0.1) is 11.8 Å². The van der Waals surface area contributed by atoms with Crippen LogP contribution in [0, 0.1) is 0 Å². The summed E-state index contributed by atoms with van der Waals surface area (Å²) in [5, 5.41) is 51.3. The third-order valence-electron chi connectivity index (χ3n) is 2.54. The molecule has 0 radical (unpaired) electrons. The normalized spacial score (nSPS) is 11.0. The molecule has 2 aromatic rings. The Hall–Kier alpha value is -2.58. The van der Waals surface area contributed by atoms with E-state index < -0.39 is 34.3 Å². The molecule has 0 bridgehead atoms. The summed E-state index contributed by atoms with van der Waals surface area (Å²) >= 11 is 11.5. The average molecular weight is 346 g/mol. The van der Waals surface area contributed by atoms with E-state index in [1.54, 1.807) is 0 Å². The van der Waals surface area contributed by atoms with Gasteiger partial charge in [-0.1, -0.05) is 23.2 Å². The first-order valence-corrected chi connectivity index (χ1v) is 6.37. The second kappa shape index (κ2) is 6.04. The third kappa shape index (κ3) is 3.02. The maximum atomic E-state index is 9.61. The Balaban J connectivity index is 2.31. The molecule has 0 aliphatic heterocycles. The van der Waals surface area contributed by atoms with Gasteiger partial charge in [0.2, 0.25) is 17.2 Å². The number of hydrazone groups is 1. The number of aromatic hydroxyl groups is 5. The van der Waals surface area contributed by atoms with Crippen molar-refractivity contribution in [3.8, 4) is 28.7 Å². The Bertz CT molecular complexity index is 718. The largest absolute Gasteiger partial charge is 0.504 e. The monoisotopic (exact) mass is 345 g/mol. The molecule has 1 aromatic carbocycles. The molecular weight excluding hydrogens is 337 g/mol. The Morgan fingerprint density at radius 2 is 1.45 bits per heavy atom. The van der Waals surface area contributed by atoms with Gasteiger partial charge in [-0.2, -0.15) is 5.10 Å². The predicted molar refractivity (Wildman–Crippen MR) is 80.2 cm³/mol. The van der Waals surface area contributed by atoms with E-state index in [2.05, 4.69) is 15.5 Å². The van der Waals surface area contributed by atoms with Gasteiger partial charge < -0.3 is 25.5 Å². The number of nitrogens with one attached hydrogen (secondary N) is 1. The second-order valence-corrected chi connectivity index (χ2v) is 4.84. The van der Waals surface area contributed by atoms with Crippen LogP contribution < -0.4 is 5.43 Å². The van der Waals surface area contributed by atoms with Crippen LogP contribution in [0.1, 0.15) is 5.56 Å². The second-order valence-electron chi connectivity index (χ2n) is 4.02. The van der Waals surface area contributed by atoms with Crippen molar-refractivity contribution in [2.45, 2.75) is 0 Å². The van der Waals surface area contributed by atoms with E-state index in [0.717, 1.165) is 6.21 Å². The van der Waals surface area contributed by atoms with E-state index in [0.29, 0.717) is 5.02 Å². The number of rotatable bonds is 3. The molecule has 0 aliphatic rings. The molecule has 22 heavy (non-hydrogen) atoms. The van der Waals surface area contributed by atoms with E-state index >= 15 is 0 Å². The van der Waals surface area contributed by atoms with Crippen molar-refractivity contribution < 1.29 is 25.5 Å². The highest BCUT2D eigenvalue weighted by Crippen LogP contribution is 2.49. The lowest BCUT2D eigenvalue weighted by atomic mass is 10.1. The summed E-state index contributed by atoms with van der Waals surface area (Å²) in [5.74, 6) is -4.60. The quantitative estimate of drug-likeness (QED) is 0.165. The average Bonchev–Trinajstić information content (AvgIpc) is 2.46. The van der Waals surface area contributed by atoms with E-state index in [-0.39, 0.29) is 11.0 Å². The van der Waals surface area contributed by atoms with Crippen molar-refractivity contribution in [1.82, 2.24) is 4.98 Å². The highest BCUT2D eigenvalue weighted by Gasteiger charge is 2.21. The van der Waals surface area contributed by atoms with Gasteiger partial charge in [-0.3, -0.25) is 5.43 Å². The fourth-order valence-electron chi connectivity index (χ4n) is 1.51. The van der Waals surface area contributed by atoms with E-state index in [9.17, 15) is 25.5 Å². The zero-order valence-electron chi connectivity index (χ0n) is 10.6. The molecule has 0 unspecified atom stereocenters. The lowest BCUT2D eigenvalue weighted by Gasteiger charge is -2.09. The Kier molecular flexibility index (Phi) is 4.34. The summed E-state index contributed by atoms with van der Waals surface area (Å²) in [6, 6.07) is 2.82. The van der Waals surface area contributed by atoms with E-state index in [4.69, 9.17) is 23.2 Å². The molecule has 0 saturated carbocycles. The molecule has 0 atom stereocenters. The minimum absolute atomic E-state index is 0.121. The molecule has 0 spiro atoms. The van der Waals surface area contributed by atoms with Gasteiger partial charge >= 0.3 is 0 Å². The number of pyridine rings is 1. The molecule has 1 aromatic heterocycles. The molecule has 0 amide bonds. The molecule has 10 heteroatoms. The van der Waals surface area contributed by atoms with Gasteiger partial charge in [0, 0.05) is 11.1 Å². The topological polar surface area (TPSA) is 138 Å². The molecule has 8 nitrogen and oxygen atoms in total. The summed E-state index contributed by atoms with van der Waals surface area (Å²) in [7, 11) is 0. The van der Waals surface area contributed by atoms with Crippen LogP contribution in [0.4, 0.5) is 5.82 Å². The Labute approximate surface area is 133 Å². The van der Waals surface area contributed by atoms with Gasteiger partial charge in [-0.25, -0.2) is 4.98 Å². The first-order chi connectivity index (χ1) is 10.3. The van der Waals surface area contributed by atoms with Gasteiger partial charge in [-0.15, -0.1) is 0 Å². The number of halogens is 2. The Morgan fingerprint density at radius 3 is 2.00 bits per heavy atom. The standard InChI is InChI=1S/C12H9Cl2N3O5/c13-4-1-6(14)16-7(2-4)17-15-3-5-8(18)10(20)12(22)11(21)9(5)19/h1-3,18-22H,(H,16,17). The zero-order valence-corrected chi connectivity index (χ0v) is 12.1. The number of phenols is 5. The molecule has 2 rings (SSSR count). The van der Waals surface area contributed by atoms with Crippen LogP contribution >= 0.6 is 23.2 Å². The Morgan fingerprint density at radius 1 is 0.909 bits per heavy atom. The van der Waals surface area contributed by atoms with E-state index in [1.165, 1.54) is 12.1 Å². The van der Waals surface area contributed by atoms with Crippen LogP contribution in [0.2, 0.25) is 10.2 Å². The van der Waals surface area contributed by atoms with Gasteiger partial charge in [0.25, 0.3) is 0 Å². The lowest BCUT2D eigenvalue weighted by molar-refractivity contribution is 0.328. The third-order valence-corrected chi connectivity index (χ3v) is 2.95. The van der Waals surface area contributed by atoms with Crippen LogP contribution in [-0.4, -0.2) is 36.7 Å². The molecule has 1 heterocycles. The molecule has 6 N–H and O–H groups in total. The number of nitrogens with zero attached hydrogens (tertiary/aromatic N) is 2. The molecule has 0 fully saturated rings. The summed E-state index contributed by atoms with van der Waals surface area (Å²) in [4.78, 5) is 3.85. The molecule has 0 saturated heterocycles. The van der Waals surface area contributed by atoms with Crippen LogP contribution in [-0.2, 0) is 0 Å². The zero-order chi connectivity index (χ0) is 16.4. The van der Waals surface area contributed by atoms with E-state index in [1.807, 2.05) is 0 Å². The number of hydrogen-bond donors (Lipinski definition) is 6. The van der Waals surface area contributed by atoms with Gasteiger partial charge in [0.15, 0.2) is 11.5 Å². The predicted octanol–water partition coefficient (Wildman–Crippen LogP) is 2.36. The molecule has 116 valence electrons. The van der Waals surface area contributed by atoms with Crippen LogP contribution in [0.5, 0.6) is 28.7 Å². The van der Waals surface area contributed by atoms with Crippen molar-refractivity contribution in [3.63, 3.8) is 0 Å². The SMILES string of the molecule is Oc1c(O)c(O)c(C=NNc2cc(Cl)cc(Cl)n2)c(O)c1O. The minimum Gasteiger partial charge on any atom is -0.504 e. The molecule has 0 aliphatic carbocycles. The number of hydrogen-bond acceptors (Lipinski definition) is 8. The fourth-order valence-corrected chi connectivity index (χ4v) is 1.98. The smallest absolute Gasteiger partial charge is 0.208 e. The first kappa shape index (κ1) is 15.8. The number of benzene rings is 1. The van der Waals surface area contributed by atoms with Gasteiger partial charge in [0.1, 0.15) is 11.0 Å². The maximum absolute atomic E-state index is 9.61. The van der Waals surface area contributed by atoms with Crippen molar-refractivity contribution >= 4 is 35.2 Å². The van der Waals surface area contributed by atoms with Crippen molar-refractivity contribution in [1.29, 1.82) is 0 Å². The summed E-state index contributed by atoms with van der Waals surface area (Å²) in [5.41, 5.74) is 2.00.